The second kappa shape index (κ2) is 5.56. The van der Waals surface area contributed by atoms with Crippen LogP contribution >= 0.6 is 0 Å². The van der Waals surface area contributed by atoms with Gasteiger partial charge in [0.05, 0.1) is 12.6 Å². The number of hydrogen-bond donors (Lipinski definition) is 2. The van der Waals surface area contributed by atoms with E-state index < -0.39 is 0 Å². The van der Waals surface area contributed by atoms with Crippen LogP contribution in [0.5, 0.6) is 5.75 Å². The van der Waals surface area contributed by atoms with Gasteiger partial charge in [0.15, 0.2) is 0 Å². The first-order valence-corrected chi connectivity index (χ1v) is 6.04. The van der Waals surface area contributed by atoms with Gasteiger partial charge in [0, 0.05) is 0 Å². The average Bonchev–Trinajstić information content (AvgIpc) is 2.75. The Labute approximate surface area is 111 Å². The van der Waals surface area contributed by atoms with E-state index in [0.29, 0.717) is 11.7 Å². The number of aromatic nitrogens is 1. The lowest BCUT2D eigenvalue weighted by molar-refractivity contribution is -0.121. The highest BCUT2D eigenvalue weighted by Gasteiger charge is 2.14. The fourth-order valence-electron chi connectivity index (χ4n) is 1.78. The quantitative estimate of drug-likeness (QED) is 0.882. The van der Waals surface area contributed by atoms with Crippen molar-refractivity contribution in [1.82, 2.24) is 10.3 Å². The molecule has 0 aliphatic heterocycles. The summed E-state index contributed by atoms with van der Waals surface area (Å²) in [6.07, 6.45) is 1.83. The third kappa shape index (κ3) is 3.58. The zero-order valence-corrected chi connectivity index (χ0v) is 10.9. The van der Waals surface area contributed by atoms with Crippen LogP contribution in [0.4, 0.5) is 0 Å². The van der Waals surface area contributed by atoms with Crippen LogP contribution < -0.4 is 5.32 Å². The van der Waals surface area contributed by atoms with Crippen molar-refractivity contribution in [3.8, 4) is 5.75 Å². The normalized spacial score (nSPS) is 12.1. The monoisotopic (exact) mass is 260 g/mol. The third-order valence-corrected chi connectivity index (χ3v) is 2.66. The van der Waals surface area contributed by atoms with Gasteiger partial charge in [-0.1, -0.05) is 12.1 Å². The number of phenolic OH excluding ortho intramolecular Hbond substituents is 1. The van der Waals surface area contributed by atoms with E-state index >= 15 is 0 Å². The number of hydrogen-bond acceptors (Lipinski definition) is 4. The van der Waals surface area contributed by atoms with Crippen molar-refractivity contribution in [2.45, 2.75) is 26.3 Å². The number of oxazole rings is 1. The molecule has 0 fully saturated rings. The zero-order valence-electron chi connectivity index (χ0n) is 10.9. The number of amides is 1. The van der Waals surface area contributed by atoms with Crippen LogP contribution in [-0.4, -0.2) is 16.0 Å². The van der Waals surface area contributed by atoms with Crippen LogP contribution in [-0.2, 0) is 11.2 Å². The molecule has 100 valence electrons. The minimum Gasteiger partial charge on any atom is -0.508 e. The minimum atomic E-state index is -0.279. The van der Waals surface area contributed by atoms with Crippen molar-refractivity contribution in [3.05, 3.63) is 47.7 Å². The van der Waals surface area contributed by atoms with Gasteiger partial charge < -0.3 is 14.8 Å². The highest BCUT2D eigenvalue weighted by Crippen LogP contribution is 2.14. The summed E-state index contributed by atoms with van der Waals surface area (Å²) in [6, 6.07) is 6.36. The molecule has 0 radical (unpaired) electrons. The number of benzene rings is 1. The van der Waals surface area contributed by atoms with E-state index in [-0.39, 0.29) is 24.1 Å². The molecule has 0 spiro atoms. The van der Waals surface area contributed by atoms with Crippen molar-refractivity contribution >= 4 is 5.91 Å². The molecule has 1 heterocycles. The van der Waals surface area contributed by atoms with Gasteiger partial charge in [0.2, 0.25) is 11.8 Å². The Morgan fingerprint density at radius 1 is 1.53 bits per heavy atom. The van der Waals surface area contributed by atoms with Crippen LogP contribution in [0.2, 0.25) is 0 Å². The molecule has 1 aromatic carbocycles. The lowest BCUT2D eigenvalue weighted by Gasteiger charge is -2.10. The lowest BCUT2D eigenvalue weighted by atomic mass is 10.1. The Hall–Kier alpha value is -2.30. The van der Waals surface area contributed by atoms with Crippen molar-refractivity contribution in [2.24, 2.45) is 0 Å². The fraction of sp³-hybridized carbons (Fsp3) is 0.286. The number of nitrogens with one attached hydrogen (secondary N) is 1. The van der Waals surface area contributed by atoms with E-state index in [9.17, 15) is 9.90 Å². The highest BCUT2D eigenvalue weighted by atomic mass is 16.4. The standard InChI is InChI=1S/C14H16N2O3/c1-9-8-15-14(19-9)10(2)16-13(18)7-11-4-3-5-12(17)6-11/h3-6,8,10,17H,7H2,1-2H3,(H,16,18). The molecule has 19 heavy (non-hydrogen) atoms. The van der Waals surface area contributed by atoms with Gasteiger partial charge in [0.1, 0.15) is 17.6 Å². The molecule has 0 bridgehead atoms. The van der Waals surface area contributed by atoms with Crippen LogP contribution in [0.25, 0.3) is 0 Å². The average molecular weight is 260 g/mol. The van der Waals surface area contributed by atoms with Crippen LogP contribution in [0, 0.1) is 6.92 Å². The predicted octanol–water partition coefficient (Wildman–Crippen LogP) is 2.11. The molecular formula is C14H16N2O3. The first-order chi connectivity index (χ1) is 9.04. The SMILES string of the molecule is Cc1cnc(C(C)NC(=O)Cc2cccc(O)c2)o1. The van der Waals surface area contributed by atoms with Gasteiger partial charge in [-0.3, -0.25) is 4.79 Å². The zero-order chi connectivity index (χ0) is 13.8. The molecule has 1 unspecified atom stereocenters. The van der Waals surface area contributed by atoms with E-state index in [1.807, 2.05) is 6.92 Å². The third-order valence-electron chi connectivity index (χ3n) is 2.66. The Morgan fingerprint density at radius 3 is 2.95 bits per heavy atom. The molecule has 0 aliphatic carbocycles. The smallest absolute Gasteiger partial charge is 0.225 e. The molecule has 2 rings (SSSR count). The van der Waals surface area contributed by atoms with Gasteiger partial charge >= 0.3 is 0 Å². The summed E-state index contributed by atoms with van der Waals surface area (Å²) in [4.78, 5) is 15.9. The first-order valence-electron chi connectivity index (χ1n) is 6.04. The molecule has 2 N–H and O–H groups in total. The summed E-state index contributed by atoms with van der Waals surface area (Å²) < 4.78 is 5.35. The molecular weight excluding hydrogens is 244 g/mol. The molecule has 0 aliphatic rings. The van der Waals surface area contributed by atoms with Crippen LogP contribution in [0.15, 0.2) is 34.9 Å². The maximum atomic E-state index is 11.9. The number of nitrogens with zero attached hydrogens (tertiary/aromatic N) is 1. The molecule has 1 atom stereocenters. The first kappa shape index (κ1) is 13.1. The molecule has 5 nitrogen and oxygen atoms in total. The summed E-state index contributed by atoms with van der Waals surface area (Å²) in [5, 5.41) is 12.1. The maximum Gasteiger partial charge on any atom is 0.225 e. The largest absolute Gasteiger partial charge is 0.508 e. The summed E-state index contributed by atoms with van der Waals surface area (Å²) in [7, 11) is 0. The number of rotatable bonds is 4. The van der Waals surface area contributed by atoms with E-state index in [1.165, 1.54) is 0 Å². The number of carbonyl (C=O) groups excluding carboxylic acids is 1. The highest BCUT2D eigenvalue weighted by molar-refractivity contribution is 5.78. The van der Waals surface area contributed by atoms with Gasteiger partial charge in [-0.05, 0) is 31.5 Å². The Kier molecular flexibility index (Phi) is 3.85. The summed E-state index contributed by atoms with van der Waals surface area (Å²) in [5.41, 5.74) is 0.758. The van der Waals surface area contributed by atoms with Gasteiger partial charge in [-0.2, -0.15) is 0 Å². The van der Waals surface area contributed by atoms with Crippen LogP contribution in [0.3, 0.4) is 0 Å². The summed E-state index contributed by atoms with van der Waals surface area (Å²) in [5.74, 6) is 1.21. The van der Waals surface area contributed by atoms with Crippen molar-refractivity contribution in [2.75, 3.05) is 0 Å². The van der Waals surface area contributed by atoms with Crippen molar-refractivity contribution in [3.63, 3.8) is 0 Å². The Balaban J connectivity index is 1.94. The molecule has 1 amide bonds. The summed E-state index contributed by atoms with van der Waals surface area (Å²) >= 11 is 0. The predicted molar refractivity (Wildman–Crippen MR) is 69.6 cm³/mol. The molecule has 0 saturated heterocycles. The fourth-order valence-corrected chi connectivity index (χ4v) is 1.78. The second-order valence-electron chi connectivity index (χ2n) is 4.45. The number of aryl methyl sites for hydroxylation is 1. The van der Waals surface area contributed by atoms with Crippen molar-refractivity contribution in [1.29, 1.82) is 0 Å². The Morgan fingerprint density at radius 2 is 2.32 bits per heavy atom. The topological polar surface area (TPSA) is 75.4 Å². The van der Waals surface area contributed by atoms with E-state index in [1.54, 1.807) is 37.4 Å². The van der Waals surface area contributed by atoms with Gasteiger partial charge in [-0.15, -0.1) is 0 Å². The molecule has 1 aromatic heterocycles. The minimum absolute atomic E-state index is 0.144. The van der Waals surface area contributed by atoms with Gasteiger partial charge in [-0.25, -0.2) is 4.98 Å². The number of phenols is 1. The number of carbonyl (C=O) groups is 1. The second-order valence-corrected chi connectivity index (χ2v) is 4.45. The van der Waals surface area contributed by atoms with Crippen LogP contribution in [0.1, 0.15) is 30.2 Å². The van der Waals surface area contributed by atoms with E-state index in [4.69, 9.17) is 4.42 Å². The summed E-state index contributed by atoms with van der Waals surface area (Å²) in [6.45, 7) is 3.61. The van der Waals surface area contributed by atoms with Crippen molar-refractivity contribution < 1.29 is 14.3 Å². The molecule has 0 saturated carbocycles. The van der Waals surface area contributed by atoms with E-state index in [0.717, 1.165) is 5.56 Å². The molecule has 5 heteroatoms. The van der Waals surface area contributed by atoms with E-state index in [2.05, 4.69) is 10.3 Å². The molecule has 2 aromatic rings. The van der Waals surface area contributed by atoms with Gasteiger partial charge in [0.25, 0.3) is 0 Å². The number of aromatic hydroxyl groups is 1. The maximum absolute atomic E-state index is 11.9. The lowest BCUT2D eigenvalue weighted by Crippen LogP contribution is -2.28. The Bertz CT molecular complexity index is 578.